The molecule has 0 spiro atoms. The van der Waals surface area contributed by atoms with E-state index in [4.69, 9.17) is 9.47 Å². The number of benzene rings is 1. The normalized spacial score (nSPS) is 30.3. The van der Waals surface area contributed by atoms with Crippen molar-refractivity contribution < 1.29 is 9.47 Å². The summed E-state index contributed by atoms with van der Waals surface area (Å²) in [5, 5.41) is 2.85. The molecule has 2 atom stereocenters. The minimum atomic E-state index is 0.349. The first-order valence-electron chi connectivity index (χ1n) is 10.6. The van der Waals surface area contributed by atoms with E-state index in [0.29, 0.717) is 12.2 Å². The monoisotopic (exact) mass is 344 g/mol. The van der Waals surface area contributed by atoms with E-state index in [-0.39, 0.29) is 0 Å². The molecule has 0 bridgehead atoms. The Morgan fingerprint density at radius 2 is 1.52 bits per heavy atom. The summed E-state index contributed by atoms with van der Waals surface area (Å²) in [6, 6.07) is 8.48. The lowest BCUT2D eigenvalue weighted by atomic mass is 9.77. The van der Waals surface area contributed by atoms with Crippen molar-refractivity contribution in [1.29, 1.82) is 0 Å². The zero-order valence-corrected chi connectivity index (χ0v) is 16.2. The molecular formula is C23H36O2. The van der Waals surface area contributed by atoms with Gasteiger partial charge in [0.2, 0.25) is 0 Å². The highest BCUT2D eigenvalue weighted by atomic mass is 16.6. The van der Waals surface area contributed by atoms with Crippen molar-refractivity contribution in [3.63, 3.8) is 0 Å². The lowest BCUT2D eigenvalue weighted by molar-refractivity contribution is -0.155. The molecule has 2 fully saturated rings. The molecule has 4 aliphatic rings. The Hall–Kier alpha value is -0.860. The van der Waals surface area contributed by atoms with Crippen LogP contribution in [0, 0.1) is 22.3 Å². The molecule has 0 N–H and O–H groups in total. The summed E-state index contributed by atoms with van der Waals surface area (Å²) in [5.74, 6) is 1.76. The van der Waals surface area contributed by atoms with Gasteiger partial charge in [-0.3, -0.25) is 0 Å². The van der Waals surface area contributed by atoms with Crippen LogP contribution in [0.5, 0.6) is 0 Å². The third kappa shape index (κ3) is 5.31. The predicted molar refractivity (Wildman–Crippen MR) is 103 cm³/mol. The number of ether oxygens (including phenoxy) is 2. The maximum atomic E-state index is 6.03. The maximum absolute atomic E-state index is 6.03. The molecule has 1 saturated heterocycles. The van der Waals surface area contributed by atoms with Crippen molar-refractivity contribution >= 4 is 0 Å². The first-order chi connectivity index (χ1) is 12.3. The fourth-order valence-electron chi connectivity index (χ4n) is 4.26. The van der Waals surface area contributed by atoms with Crippen LogP contribution < -0.4 is 0 Å². The molecule has 4 rings (SSSR count). The minimum absolute atomic E-state index is 0.349. The summed E-state index contributed by atoms with van der Waals surface area (Å²) in [5.41, 5.74) is 0. The van der Waals surface area contributed by atoms with Crippen LogP contribution in [0.1, 0.15) is 71.6 Å². The Kier molecular flexibility index (Phi) is 7.36. The van der Waals surface area contributed by atoms with Crippen LogP contribution in [-0.4, -0.2) is 25.4 Å². The average Bonchev–Trinajstić information content (AvgIpc) is 2.66. The van der Waals surface area contributed by atoms with Crippen LogP contribution in [0.25, 0.3) is 0 Å². The Balaban J connectivity index is 0.000000250. The summed E-state index contributed by atoms with van der Waals surface area (Å²) in [4.78, 5) is 0. The Labute approximate surface area is 153 Å². The molecule has 1 aliphatic heterocycles. The van der Waals surface area contributed by atoms with E-state index in [9.17, 15) is 0 Å². The highest BCUT2D eigenvalue weighted by molar-refractivity contribution is 5.22. The van der Waals surface area contributed by atoms with E-state index in [2.05, 4.69) is 38.1 Å². The largest absolute Gasteiger partial charge is 0.373 e. The van der Waals surface area contributed by atoms with Gasteiger partial charge in [0.15, 0.2) is 0 Å². The van der Waals surface area contributed by atoms with Crippen LogP contribution in [0.15, 0.2) is 24.3 Å². The molecule has 3 aliphatic carbocycles. The third-order valence-corrected chi connectivity index (χ3v) is 6.30. The zero-order chi connectivity index (χ0) is 17.5. The van der Waals surface area contributed by atoms with Gasteiger partial charge in [-0.2, -0.15) is 0 Å². The van der Waals surface area contributed by atoms with E-state index in [1.54, 1.807) is 0 Å². The predicted octanol–water partition coefficient (Wildman–Crippen LogP) is 5.85. The van der Waals surface area contributed by atoms with Gasteiger partial charge in [0.05, 0.1) is 25.4 Å². The third-order valence-electron chi connectivity index (χ3n) is 6.30. The molecule has 2 heteroatoms. The van der Waals surface area contributed by atoms with Gasteiger partial charge in [0.1, 0.15) is 0 Å². The van der Waals surface area contributed by atoms with Crippen LogP contribution in [0.3, 0.4) is 0 Å². The van der Waals surface area contributed by atoms with Gasteiger partial charge in [-0.1, -0.05) is 76.6 Å². The van der Waals surface area contributed by atoms with Crippen molar-refractivity contribution in [2.75, 3.05) is 13.2 Å². The molecule has 0 aromatic carbocycles. The van der Waals surface area contributed by atoms with Gasteiger partial charge in [-0.05, 0) is 41.5 Å². The molecule has 1 heterocycles. The molecule has 25 heavy (non-hydrogen) atoms. The molecule has 0 aromatic heterocycles. The lowest BCUT2D eigenvalue weighted by Crippen LogP contribution is -2.40. The number of unbranched alkanes of at least 4 members (excludes halogenated alkanes) is 2. The second kappa shape index (κ2) is 9.73. The van der Waals surface area contributed by atoms with E-state index >= 15 is 0 Å². The summed E-state index contributed by atoms with van der Waals surface area (Å²) in [7, 11) is 0. The standard InChI is InChI=1S/C17H32O2.C6H4/c1-3-5-6-7-14-8-10-15(11-9-14)17-13-18-16(4-2)12-19-17;1-2-6-4-3-5(1)6/h14-17H,3-13H2,1-2H3;1-4H. The van der Waals surface area contributed by atoms with Crippen molar-refractivity contribution in [2.45, 2.75) is 83.8 Å². The molecule has 2 nitrogen and oxygen atoms in total. The fourth-order valence-corrected chi connectivity index (χ4v) is 4.26. The van der Waals surface area contributed by atoms with E-state index < -0.39 is 0 Å². The summed E-state index contributed by atoms with van der Waals surface area (Å²) >= 11 is 0. The highest BCUT2D eigenvalue weighted by Gasteiger charge is 2.31. The van der Waals surface area contributed by atoms with Crippen LogP contribution in [0.4, 0.5) is 0 Å². The van der Waals surface area contributed by atoms with Crippen LogP contribution >= 0.6 is 0 Å². The van der Waals surface area contributed by atoms with Gasteiger partial charge >= 0.3 is 0 Å². The highest BCUT2D eigenvalue weighted by Crippen LogP contribution is 2.35. The second-order valence-electron chi connectivity index (χ2n) is 8.09. The first kappa shape index (κ1) is 18.9. The Morgan fingerprint density at radius 3 is 1.96 bits per heavy atom. The van der Waals surface area contributed by atoms with Crippen LogP contribution in [0.2, 0.25) is 0 Å². The average molecular weight is 345 g/mol. The smallest absolute Gasteiger partial charge is 0.0838 e. The van der Waals surface area contributed by atoms with Gasteiger partial charge < -0.3 is 9.47 Å². The number of rotatable bonds is 6. The topological polar surface area (TPSA) is 18.5 Å². The zero-order valence-electron chi connectivity index (χ0n) is 16.2. The Bertz CT molecular complexity index is 530. The van der Waals surface area contributed by atoms with E-state index in [1.165, 1.54) is 61.8 Å². The van der Waals surface area contributed by atoms with Gasteiger partial charge in [-0.25, -0.2) is 0 Å². The van der Waals surface area contributed by atoms with E-state index in [1.807, 2.05) is 0 Å². The molecule has 0 radical (unpaired) electrons. The second-order valence-corrected chi connectivity index (χ2v) is 8.09. The van der Waals surface area contributed by atoms with Crippen LogP contribution in [-0.2, 0) is 9.47 Å². The van der Waals surface area contributed by atoms with Crippen molar-refractivity contribution in [3.05, 3.63) is 34.7 Å². The van der Waals surface area contributed by atoms with Crippen molar-refractivity contribution in [3.8, 4) is 0 Å². The molecule has 140 valence electrons. The molecule has 0 amide bonds. The minimum Gasteiger partial charge on any atom is -0.373 e. The van der Waals surface area contributed by atoms with Gasteiger partial charge in [-0.15, -0.1) is 0 Å². The summed E-state index contributed by atoms with van der Waals surface area (Å²) in [6.45, 7) is 6.12. The maximum Gasteiger partial charge on any atom is 0.0838 e. The quantitative estimate of drug-likeness (QED) is 0.612. The van der Waals surface area contributed by atoms with Gasteiger partial charge in [0, 0.05) is 0 Å². The molecule has 2 unspecified atom stereocenters. The Morgan fingerprint density at radius 1 is 0.840 bits per heavy atom. The number of hydrogen-bond acceptors (Lipinski definition) is 2. The molecule has 0 aromatic rings. The van der Waals surface area contributed by atoms with Crippen molar-refractivity contribution in [2.24, 2.45) is 11.8 Å². The van der Waals surface area contributed by atoms with E-state index in [0.717, 1.165) is 31.5 Å². The molecule has 1 saturated carbocycles. The number of hydrogen-bond donors (Lipinski definition) is 0. The fraction of sp³-hybridized carbons (Fsp3) is 0.739. The summed E-state index contributed by atoms with van der Waals surface area (Å²) < 4.78 is 11.9. The van der Waals surface area contributed by atoms with Crippen molar-refractivity contribution in [1.82, 2.24) is 0 Å². The summed E-state index contributed by atoms with van der Waals surface area (Å²) in [6.07, 6.45) is 13.0. The SMILES string of the molecule is CCCCCC1CCC(C2COC(CC)CO2)CC1.c1cc2ccc1=2. The lowest BCUT2D eigenvalue weighted by Gasteiger charge is -2.37. The molecular weight excluding hydrogens is 308 g/mol. The first-order valence-corrected chi connectivity index (χ1v) is 10.6. The van der Waals surface area contributed by atoms with Gasteiger partial charge in [0.25, 0.3) is 0 Å².